The molecule has 0 radical (unpaired) electrons. The number of rotatable bonds is 3. The van der Waals surface area contributed by atoms with Gasteiger partial charge in [-0.15, -0.1) is 0 Å². The Balaban J connectivity index is 1.97. The van der Waals surface area contributed by atoms with Crippen molar-refractivity contribution in [3.8, 4) is 0 Å². The van der Waals surface area contributed by atoms with Crippen LogP contribution in [0.3, 0.4) is 0 Å². The predicted molar refractivity (Wildman–Crippen MR) is 86.0 cm³/mol. The summed E-state index contributed by atoms with van der Waals surface area (Å²) in [7, 11) is 0. The van der Waals surface area contributed by atoms with Crippen molar-refractivity contribution in [3.63, 3.8) is 0 Å². The van der Waals surface area contributed by atoms with E-state index in [0.29, 0.717) is 10.7 Å². The largest absolute Gasteiger partial charge is 0.292 e. The monoisotopic (exact) mass is 295 g/mol. The Bertz CT molecular complexity index is 826. The van der Waals surface area contributed by atoms with Crippen LogP contribution in [0.25, 0.3) is 10.9 Å². The first-order valence-corrected chi connectivity index (χ1v) is 7.16. The molecule has 104 valence electrons. The van der Waals surface area contributed by atoms with E-state index in [0.717, 1.165) is 22.0 Å². The van der Waals surface area contributed by atoms with Crippen molar-refractivity contribution in [2.75, 3.05) is 0 Å². The van der Waals surface area contributed by atoms with Gasteiger partial charge in [-0.2, -0.15) is 0 Å². The van der Waals surface area contributed by atoms with Crippen LogP contribution in [0.5, 0.6) is 0 Å². The Hall–Kier alpha value is -2.19. The molecule has 1 aromatic heterocycles. The fourth-order valence-corrected chi connectivity index (χ4v) is 2.60. The number of aryl methyl sites for hydroxylation is 1. The number of ketones is 1. The number of halogens is 1. The third kappa shape index (κ3) is 2.81. The number of Topliss-reactive ketones (excluding diaryl/α,β-unsaturated/α-hetero) is 1. The summed E-state index contributed by atoms with van der Waals surface area (Å²) in [5.74, 6) is -0.0167. The van der Waals surface area contributed by atoms with Gasteiger partial charge in [0.15, 0.2) is 5.78 Å². The minimum absolute atomic E-state index is 0.0167. The molecule has 0 N–H and O–H groups in total. The highest BCUT2D eigenvalue weighted by Crippen LogP contribution is 2.20. The van der Waals surface area contributed by atoms with Crippen molar-refractivity contribution in [2.45, 2.75) is 13.3 Å². The highest BCUT2D eigenvalue weighted by atomic mass is 35.5. The molecule has 1 heterocycles. The highest BCUT2D eigenvalue weighted by molar-refractivity contribution is 6.31. The summed E-state index contributed by atoms with van der Waals surface area (Å²) in [6.07, 6.45) is 0.268. The fraction of sp³-hybridized carbons (Fsp3) is 0.111. The topological polar surface area (TPSA) is 30.0 Å². The third-order valence-corrected chi connectivity index (χ3v) is 3.89. The molecular weight excluding hydrogens is 282 g/mol. The van der Waals surface area contributed by atoms with Crippen LogP contribution in [0.2, 0.25) is 5.02 Å². The number of fused-ring (bicyclic) bond motifs is 1. The van der Waals surface area contributed by atoms with Gasteiger partial charge in [0.05, 0.1) is 5.52 Å². The normalized spacial score (nSPS) is 10.8. The van der Waals surface area contributed by atoms with Gasteiger partial charge in [-0.1, -0.05) is 48.0 Å². The van der Waals surface area contributed by atoms with Gasteiger partial charge < -0.3 is 0 Å². The van der Waals surface area contributed by atoms with Gasteiger partial charge in [-0.3, -0.25) is 4.79 Å². The maximum atomic E-state index is 12.4. The number of pyridine rings is 1. The SMILES string of the molecule is Cc1cc(C(=O)Cc2ccccc2Cl)nc2ccccc12. The van der Waals surface area contributed by atoms with Crippen LogP contribution in [0, 0.1) is 6.92 Å². The Kier molecular flexibility index (Phi) is 3.72. The number of benzene rings is 2. The van der Waals surface area contributed by atoms with Crippen LogP contribution in [-0.2, 0) is 6.42 Å². The quantitative estimate of drug-likeness (QED) is 0.660. The summed E-state index contributed by atoms with van der Waals surface area (Å²) < 4.78 is 0. The Morgan fingerprint density at radius 1 is 1.10 bits per heavy atom. The molecule has 21 heavy (non-hydrogen) atoms. The van der Waals surface area contributed by atoms with Gasteiger partial charge in [0.25, 0.3) is 0 Å². The molecule has 0 spiro atoms. The first-order valence-electron chi connectivity index (χ1n) is 6.78. The summed E-state index contributed by atoms with van der Waals surface area (Å²) in [5.41, 5.74) is 3.23. The average Bonchev–Trinajstić information content (AvgIpc) is 2.49. The second-order valence-electron chi connectivity index (χ2n) is 5.03. The first kappa shape index (κ1) is 13.8. The summed E-state index contributed by atoms with van der Waals surface area (Å²) in [4.78, 5) is 16.9. The number of carbonyl (C=O) groups excluding carboxylic acids is 1. The lowest BCUT2D eigenvalue weighted by atomic mass is 10.0. The van der Waals surface area contributed by atoms with E-state index in [1.165, 1.54) is 0 Å². The van der Waals surface area contributed by atoms with Crippen LogP contribution in [0.1, 0.15) is 21.6 Å². The number of nitrogens with zero attached hydrogens (tertiary/aromatic N) is 1. The van der Waals surface area contributed by atoms with Gasteiger partial charge in [0.1, 0.15) is 5.69 Å². The van der Waals surface area contributed by atoms with Crippen LogP contribution >= 0.6 is 11.6 Å². The Morgan fingerprint density at radius 2 is 1.81 bits per heavy atom. The van der Waals surface area contributed by atoms with E-state index in [-0.39, 0.29) is 12.2 Å². The first-order chi connectivity index (χ1) is 10.1. The van der Waals surface area contributed by atoms with Crippen LogP contribution in [-0.4, -0.2) is 10.8 Å². The maximum Gasteiger partial charge on any atom is 0.185 e. The average molecular weight is 296 g/mol. The number of hydrogen-bond acceptors (Lipinski definition) is 2. The minimum atomic E-state index is -0.0167. The van der Waals surface area contributed by atoms with E-state index in [9.17, 15) is 4.79 Å². The summed E-state index contributed by atoms with van der Waals surface area (Å²) in [5, 5.41) is 1.69. The number of hydrogen-bond donors (Lipinski definition) is 0. The second-order valence-corrected chi connectivity index (χ2v) is 5.44. The lowest BCUT2D eigenvalue weighted by Crippen LogP contribution is -2.07. The summed E-state index contributed by atoms with van der Waals surface area (Å²) in [6, 6.07) is 17.1. The van der Waals surface area contributed by atoms with Crippen LogP contribution < -0.4 is 0 Å². The van der Waals surface area contributed by atoms with Crippen molar-refractivity contribution in [3.05, 3.63) is 76.4 Å². The molecule has 0 saturated heterocycles. The molecule has 2 nitrogen and oxygen atoms in total. The second kappa shape index (κ2) is 5.66. The summed E-state index contributed by atoms with van der Waals surface area (Å²) in [6.45, 7) is 2.00. The Labute approximate surface area is 128 Å². The minimum Gasteiger partial charge on any atom is -0.292 e. The zero-order chi connectivity index (χ0) is 14.8. The standard InChI is InChI=1S/C18H14ClNO/c1-12-10-17(20-16-9-5-3-7-14(12)16)18(21)11-13-6-2-4-8-15(13)19/h2-10H,11H2,1H3. The highest BCUT2D eigenvalue weighted by Gasteiger charge is 2.12. The van der Waals surface area contributed by atoms with Crippen molar-refractivity contribution in [2.24, 2.45) is 0 Å². The smallest absolute Gasteiger partial charge is 0.185 e. The molecule has 0 fully saturated rings. The molecule has 0 aliphatic heterocycles. The zero-order valence-electron chi connectivity index (χ0n) is 11.6. The molecule has 3 rings (SSSR count). The maximum absolute atomic E-state index is 12.4. The number of aromatic nitrogens is 1. The lowest BCUT2D eigenvalue weighted by Gasteiger charge is -2.07. The summed E-state index contributed by atoms with van der Waals surface area (Å²) >= 11 is 6.11. The molecule has 0 bridgehead atoms. The van der Waals surface area contributed by atoms with Crippen molar-refractivity contribution in [1.29, 1.82) is 0 Å². The number of carbonyl (C=O) groups is 1. The van der Waals surface area contributed by atoms with Crippen molar-refractivity contribution in [1.82, 2.24) is 4.98 Å². The fourth-order valence-electron chi connectivity index (χ4n) is 2.40. The number of para-hydroxylation sites is 1. The van der Waals surface area contributed by atoms with Gasteiger partial charge in [0.2, 0.25) is 0 Å². The lowest BCUT2D eigenvalue weighted by molar-refractivity contribution is 0.0988. The van der Waals surface area contributed by atoms with Gasteiger partial charge >= 0.3 is 0 Å². The van der Waals surface area contributed by atoms with Gasteiger partial charge in [-0.05, 0) is 36.2 Å². The van der Waals surface area contributed by atoms with E-state index in [1.807, 2.05) is 55.5 Å². The van der Waals surface area contributed by atoms with E-state index in [4.69, 9.17) is 11.6 Å². The molecule has 2 aromatic carbocycles. The Morgan fingerprint density at radius 3 is 2.62 bits per heavy atom. The molecule has 0 saturated carbocycles. The molecule has 0 atom stereocenters. The van der Waals surface area contributed by atoms with Crippen molar-refractivity contribution >= 4 is 28.3 Å². The molecule has 3 heteroatoms. The zero-order valence-corrected chi connectivity index (χ0v) is 12.4. The van der Waals surface area contributed by atoms with E-state index < -0.39 is 0 Å². The molecule has 0 unspecified atom stereocenters. The predicted octanol–water partition coefficient (Wildman–Crippen LogP) is 4.62. The van der Waals surface area contributed by atoms with Gasteiger partial charge in [0, 0.05) is 16.8 Å². The van der Waals surface area contributed by atoms with Gasteiger partial charge in [-0.25, -0.2) is 4.98 Å². The van der Waals surface area contributed by atoms with E-state index in [1.54, 1.807) is 6.07 Å². The molecule has 3 aromatic rings. The van der Waals surface area contributed by atoms with E-state index >= 15 is 0 Å². The van der Waals surface area contributed by atoms with Crippen molar-refractivity contribution < 1.29 is 4.79 Å². The van der Waals surface area contributed by atoms with Crippen LogP contribution in [0.4, 0.5) is 0 Å². The molecule has 0 amide bonds. The third-order valence-electron chi connectivity index (χ3n) is 3.52. The van der Waals surface area contributed by atoms with Crippen LogP contribution in [0.15, 0.2) is 54.6 Å². The van der Waals surface area contributed by atoms with E-state index in [2.05, 4.69) is 4.98 Å². The molecule has 0 aliphatic carbocycles. The molecular formula is C18H14ClNO. The molecule has 0 aliphatic rings.